The zero-order valence-electron chi connectivity index (χ0n) is 17.2. The van der Waals surface area contributed by atoms with Gasteiger partial charge in [0.15, 0.2) is 9.84 Å². The molecule has 1 saturated heterocycles. The van der Waals surface area contributed by atoms with Crippen molar-refractivity contribution in [3.8, 4) is 5.88 Å². The molecular formula is C20H22FN5O4S. The smallest absolute Gasteiger partial charge is 0.275 e. The van der Waals surface area contributed by atoms with Crippen LogP contribution in [0.5, 0.6) is 5.88 Å². The van der Waals surface area contributed by atoms with Crippen LogP contribution in [0.25, 0.3) is 0 Å². The highest BCUT2D eigenvalue weighted by Gasteiger charge is 2.63. The SMILES string of the molecule is COc1cnc(C(=O)Nc2ccc(F)c([C@@]3(C)N=C(N)[C@@]4(C)CC[C@@H]3S4(=O)=O)c2)cn1. The summed E-state index contributed by atoms with van der Waals surface area (Å²) < 4.78 is 44.8. The lowest BCUT2D eigenvalue weighted by Gasteiger charge is -2.39. The van der Waals surface area contributed by atoms with Gasteiger partial charge >= 0.3 is 0 Å². The summed E-state index contributed by atoms with van der Waals surface area (Å²) >= 11 is 0. The minimum atomic E-state index is -3.68. The first-order chi connectivity index (χ1) is 14.5. The van der Waals surface area contributed by atoms with Crippen molar-refractivity contribution in [2.75, 3.05) is 12.4 Å². The van der Waals surface area contributed by atoms with Gasteiger partial charge in [-0.1, -0.05) is 0 Å². The van der Waals surface area contributed by atoms with Crippen LogP contribution in [0.2, 0.25) is 0 Å². The number of anilines is 1. The van der Waals surface area contributed by atoms with E-state index in [1.807, 2.05) is 0 Å². The van der Waals surface area contributed by atoms with Crippen molar-refractivity contribution < 1.29 is 22.3 Å². The Bertz CT molecular complexity index is 1200. The van der Waals surface area contributed by atoms with Gasteiger partial charge in [0.05, 0.1) is 24.8 Å². The molecule has 1 amide bonds. The number of halogens is 1. The highest BCUT2D eigenvalue weighted by atomic mass is 32.2. The van der Waals surface area contributed by atoms with E-state index in [9.17, 15) is 17.6 Å². The fourth-order valence-corrected chi connectivity index (χ4v) is 6.85. The fraction of sp³-hybridized carbons (Fsp3) is 0.400. The molecule has 1 aromatic heterocycles. The van der Waals surface area contributed by atoms with E-state index in [0.29, 0.717) is 12.8 Å². The van der Waals surface area contributed by atoms with Crippen LogP contribution in [0.3, 0.4) is 0 Å². The van der Waals surface area contributed by atoms with Crippen LogP contribution in [-0.2, 0) is 15.4 Å². The van der Waals surface area contributed by atoms with Gasteiger partial charge < -0.3 is 15.8 Å². The molecule has 11 heteroatoms. The Morgan fingerprint density at radius 2 is 2.03 bits per heavy atom. The minimum Gasteiger partial charge on any atom is -0.480 e. The maximum atomic E-state index is 14.9. The molecule has 31 heavy (non-hydrogen) atoms. The lowest BCUT2D eigenvalue weighted by Crippen LogP contribution is -2.55. The molecule has 3 atom stereocenters. The highest BCUT2D eigenvalue weighted by Crippen LogP contribution is 2.51. The van der Waals surface area contributed by atoms with Gasteiger partial charge in [0.2, 0.25) is 5.88 Å². The maximum Gasteiger partial charge on any atom is 0.275 e. The number of ether oxygens (including phenoxy) is 1. The quantitative estimate of drug-likeness (QED) is 0.729. The topological polar surface area (TPSA) is 137 Å². The van der Waals surface area contributed by atoms with E-state index in [0.717, 1.165) is 6.07 Å². The molecule has 164 valence electrons. The largest absolute Gasteiger partial charge is 0.480 e. The first kappa shape index (κ1) is 21.2. The number of methoxy groups -OCH3 is 1. The van der Waals surface area contributed by atoms with E-state index in [4.69, 9.17) is 10.5 Å². The van der Waals surface area contributed by atoms with Crippen LogP contribution < -0.4 is 15.8 Å². The Balaban J connectivity index is 1.71. The van der Waals surface area contributed by atoms with E-state index in [1.54, 1.807) is 13.8 Å². The summed E-state index contributed by atoms with van der Waals surface area (Å²) in [4.78, 5) is 24.9. The third-order valence-corrected chi connectivity index (χ3v) is 9.36. The monoisotopic (exact) mass is 447 g/mol. The summed E-state index contributed by atoms with van der Waals surface area (Å²) in [5.74, 6) is -0.963. The van der Waals surface area contributed by atoms with E-state index in [2.05, 4.69) is 20.3 Å². The zero-order chi connectivity index (χ0) is 22.6. The summed E-state index contributed by atoms with van der Waals surface area (Å²) in [6, 6.07) is 3.93. The van der Waals surface area contributed by atoms with Crippen molar-refractivity contribution in [1.29, 1.82) is 0 Å². The molecule has 0 saturated carbocycles. The number of nitrogens with two attached hydrogens (primary N) is 1. The van der Waals surface area contributed by atoms with Crippen LogP contribution in [0.15, 0.2) is 35.6 Å². The van der Waals surface area contributed by atoms with Crippen molar-refractivity contribution in [3.05, 3.63) is 47.7 Å². The summed E-state index contributed by atoms with van der Waals surface area (Å²) in [6.45, 7) is 3.12. The van der Waals surface area contributed by atoms with E-state index >= 15 is 0 Å². The minimum absolute atomic E-state index is 0.0221. The molecule has 2 aromatic rings. The summed E-state index contributed by atoms with van der Waals surface area (Å²) in [5.41, 5.74) is 4.99. The van der Waals surface area contributed by atoms with E-state index in [-0.39, 0.29) is 28.7 Å². The van der Waals surface area contributed by atoms with Gasteiger partial charge in [-0.15, -0.1) is 0 Å². The standard InChI is InChI=1S/C20H22FN5O4S/c1-19-7-6-15(31(19,28)29)20(2,26-18(19)22)12-8-11(4-5-13(12)21)25-17(27)14-9-24-16(30-3)10-23-14/h4-5,8-10,15H,6-7H2,1-3H3,(H2,22,26)(H,25,27)/t15-,19+,20+/m0/s1. The number of carbonyl (C=O) groups excluding carboxylic acids is 1. The van der Waals surface area contributed by atoms with Crippen LogP contribution in [-0.4, -0.2) is 47.2 Å². The Morgan fingerprint density at radius 1 is 1.29 bits per heavy atom. The normalized spacial score (nSPS) is 28.6. The van der Waals surface area contributed by atoms with Gasteiger partial charge in [0.1, 0.15) is 27.6 Å². The molecule has 3 heterocycles. The second kappa shape index (κ2) is 6.98. The summed E-state index contributed by atoms with van der Waals surface area (Å²) in [5, 5.41) is 1.71. The number of aromatic nitrogens is 2. The number of hydrogen-bond donors (Lipinski definition) is 2. The lowest BCUT2D eigenvalue weighted by molar-refractivity contribution is 0.102. The van der Waals surface area contributed by atoms with Gasteiger partial charge in [-0.2, -0.15) is 0 Å². The molecule has 1 aromatic carbocycles. The number of benzene rings is 1. The Kier molecular flexibility index (Phi) is 4.76. The Labute approximate surface area is 178 Å². The number of rotatable bonds is 4. The Hall–Kier alpha value is -3.08. The number of fused-ring (bicyclic) bond motifs is 2. The molecule has 4 rings (SSSR count). The van der Waals surface area contributed by atoms with Crippen LogP contribution in [0.1, 0.15) is 42.7 Å². The second-order valence-corrected chi connectivity index (χ2v) is 10.6. The third-order valence-electron chi connectivity index (χ3n) is 6.25. The average Bonchev–Trinajstić information content (AvgIpc) is 2.92. The zero-order valence-corrected chi connectivity index (χ0v) is 18.0. The number of amidine groups is 1. The highest BCUT2D eigenvalue weighted by molar-refractivity contribution is 7.94. The predicted octanol–water partition coefficient (Wildman–Crippen LogP) is 1.80. The van der Waals surface area contributed by atoms with Gasteiger partial charge in [-0.05, 0) is 44.9 Å². The number of hydrogen-bond acceptors (Lipinski definition) is 8. The Morgan fingerprint density at radius 3 is 2.68 bits per heavy atom. The van der Waals surface area contributed by atoms with Crippen molar-refractivity contribution in [2.45, 2.75) is 42.2 Å². The van der Waals surface area contributed by atoms with Gasteiger partial charge in [-0.3, -0.25) is 9.79 Å². The molecule has 2 aliphatic heterocycles. The van der Waals surface area contributed by atoms with Gasteiger partial charge in [0.25, 0.3) is 5.91 Å². The molecule has 0 radical (unpaired) electrons. The molecule has 0 aliphatic carbocycles. The number of carbonyl (C=O) groups is 1. The van der Waals surface area contributed by atoms with Crippen LogP contribution in [0.4, 0.5) is 10.1 Å². The van der Waals surface area contributed by atoms with Crippen molar-refractivity contribution in [2.24, 2.45) is 10.7 Å². The molecule has 1 fully saturated rings. The molecular weight excluding hydrogens is 425 g/mol. The van der Waals surface area contributed by atoms with E-state index in [1.165, 1.54) is 31.6 Å². The molecule has 2 aliphatic rings. The van der Waals surface area contributed by atoms with Crippen molar-refractivity contribution in [3.63, 3.8) is 0 Å². The maximum absolute atomic E-state index is 14.9. The van der Waals surface area contributed by atoms with Crippen molar-refractivity contribution >= 4 is 27.3 Å². The number of amides is 1. The molecule has 0 unspecified atom stereocenters. The lowest BCUT2D eigenvalue weighted by atomic mass is 9.86. The molecule has 0 spiro atoms. The van der Waals surface area contributed by atoms with Crippen LogP contribution in [0, 0.1) is 5.82 Å². The molecule has 3 N–H and O–H groups in total. The van der Waals surface area contributed by atoms with Crippen molar-refractivity contribution in [1.82, 2.24) is 9.97 Å². The van der Waals surface area contributed by atoms with Gasteiger partial charge in [-0.25, -0.2) is 22.8 Å². The number of aliphatic imine (C=N–C) groups is 1. The molecule has 2 bridgehead atoms. The number of sulfone groups is 1. The second-order valence-electron chi connectivity index (χ2n) is 8.04. The summed E-state index contributed by atoms with van der Waals surface area (Å²) in [7, 11) is -2.25. The first-order valence-corrected chi connectivity index (χ1v) is 11.1. The first-order valence-electron chi connectivity index (χ1n) is 9.59. The number of nitrogens with zero attached hydrogens (tertiary/aromatic N) is 3. The molecule has 9 nitrogen and oxygen atoms in total. The number of nitrogens with one attached hydrogen (secondary N) is 1. The van der Waals surface area contributed by atoms with Crippen LogP contribution >= 0.6 is 0 Å². The average molecular weight is 447 g/mol. The van der Waals surface area contributed by atoms with E-state index < -0.39 is 37.1 Å². The summed E-state index contributed by atoms with van der Waals surface area (Å²) in [6.07, 6.45) is 3.20. The predicted molar refractivity (Wildman–Crippen MR) is 112 cm³/mol. The van der Waals surface area contributed by atoms with Gasteiger partial charge in [0, 0.05) is 11.3 Å². The third kappa shape index (κ3) is 3.06. The fourth-order valence-electron chi connectivity index (χ4n) is 4.27.